The Kier molecular flexibility index (Phi) is 2.86. The highest BCUT2D eigenvalue weighted by molar-refractivity contribution is 6.21. The van der Waals surface area contributed by atoms with Gasteiger partial charge >= 0.3 is 0 Å². The summed E-state index contributed by atoms with van der Waals surface area (Å²) < 4.78 is 0. The van der Waals surface area contributed by atoms with E-state index >= 15 is 0 Å². The molecule has 0 fully saturated rings. The van der Waals surface area contributed by atoms with Crippen LogP contribution >= 0.6 is 0 Å². The van der Waals surface area contributed by atoms with Crippen molar-refractivity contribution in [2.24, 2.45) is 21.8 Å². The van der Waals surface area contributed by atoms with Gasteiger partial charge in [0.15, 0.2) is 0 Å². The van der Waals surface area contributed by atoms with Gasteiger partial charge in [0.1, 0.15) is 11.8 Å². The maximum Gasteiger partial charge on any atom is 0.260 e. The number of carbonyl (C=O) groups excluding carboxylic acids is 1. The minimum absolute atomic E-state index is 0.0793. The SMILES string of the molecule is CCC1=NC(=O)C2C=C(C(C)C)C=CC2=N1. The van der Waals surface area contributed by atoms with Crippen molar-refractivity contribution in [2.75, 3.05) is 0 Å². The molecule has 2 aliphatic rings. The predicted octanol–water partition coefficient (Wildman–Crippen LogP) is 2.54. The summed E-state index contributed by atoms with van der Waals surface area (Å²) in [6.07, 6.45) is 6.69. The molecule has 1 aliphatic heterocycles. The lowest BCUT2D eigenvalue weighted by Gasteiger charge is -2.21. The van der Waals surface area contributed by atoms with Gasteiger partial charge in [0.2, 0.25) is 0 Å². The highest BCUT2D eigenvalue weighted by atomic mass is 16.1. The van der Waals surface area contributed by atoms with Gasteiger partial charge < -0.3 is 0 Å². The molecule has 0 aromatic carbocycles. The quantitative estimate of drug-likeness (QED) is 0.699. The topological polar surface area (TPSA) is 41.8 Å². The van der Waals surface area contributed by atoms with Crippen LogP contribution in [0, 0.1) is 11.8 Å². The molecule has 0 N–H and O–H groups in total. The third-order valence-electron chi connectivity index (χ3n) is 2.87. The molecule has 0 aromatic heterocycles. The van der Waals surface area contributed by atoms with Crippen LogP contribution in [0.4, 0.5) is 0 Å². The number of amidine groups is 1. The molecule has 84 valence electrons. The molecule has 2 rings (SSSR count). The van der Waals surface area contributed by atoms with E-state index in [0.29, 0.717) is 18.2 Å². The minimum Gasteiger partial charge on any atom is -0.271 e. The van der Waals surface area contributed by atoms with Gasteiger partial charge in [0, 0.05) is 6.42 Å². The number of fused-ring (bicyclic) bond motifs is 1. The molecule has 1 amide bonds. The van der Waals surface area contributed by atoms with E-state index in [4.69, 9.17) is 0 Å². The Balaban J connectivity index is 2.34. The first kappa shape index (κ1) is 11.0. The fourth-order valence-corrected chi connectivity index (χ4v) is 1.84. The average Bonchev–Trinajstić information content (AvgIpc) is 2.28. The molecule has 1 aliphatic carbocycles. The van der Waals surface area contributed by atoms with Crippen molar-refractivity contribution in [2.45, 2.75) is 27.2 Å². The van der Waals surface area contributed by atoms with Crippen molar-refractivity contribution in [1.82, 2.24) is 0 Å². The van der Waals surface area contributed by atoms with Crippen LogP contribution < -0.4 is 0 Å². The molecule has 1 heterocycles. The Bertz CT molecular complexity index is 439. The zero-order valence-corrected chi connectivity index (χ0v) is 9.90. The smallest absolute Gasteiger partial charge is 0.260 e. The molecule has 3 heteroatoms. The molecule has 0 radical (unpaired) electrons. The van der Waals surface area contributed by atoms with Crippen LogP contribution in [0.1, 0.15) is 27.2 Å². The van der Waals surface area contributed by atoms with Gasteiger partial charge in [-0.25, -0.2) is 4.99 Å². The molecule has 0 aromatic rings. The zero-order chi connectivity index (χ0) is 11.7. The van der Waals surface area contributed by atoms with E-state index in [1.807, 2.05) is 25.2 Å². The van der Waals surface area contributed by atoms with Crippen molar-refractivity contribution in [3.63, 3.8) is 0 Å². The monoisotopic (exact) mass is 216 g/mol. The third kappa shape index (κ3) is 1.90. The highest BCUT2D eigenvalue weighted by Gasteiger charge is 2.27. The number of nitrogens with zero attached hydrogens (tertiary/aromatic N) is 2. The number of rotatable bonds is 2. The Labute approximate surface area is 95.7 Å². The van der Waals surface area contributed by atoms with Gasteiger partial charge in [-0.05, 0) is 17.6 Å². The summed E-state index contributed by atoms with van der Waals surface area (Å²) in [5.74, 6) is 0.742. The normalized spacial score (nSPS) is 23.9. The fourth-order valence-electron chi connectivity index (χ4n) is 1.84. The lowest BCUT2D eigenvalue weighted by atomic mass is 9.88. The third-order valence-corrected chi connectivity index (χ3v) is 2.87. The van der Waals surface area contributed by atoms with Crippen molar-refractivity contribution in [3.05, 3.63) is 23.8 Å². The van der Waals surface area contributed by atoms with E-state index in [1.54, 1.807) is 0 Å². The first-order valence-electron chi connectivity index (χ1n) is 5.71. The van der Waals surface area contributed by atoms with Crippen molar-refractivity contribution < 1.29 is 4.79 Å². The number of hydrogen-bond donors (Lipinski definition) is 0. The van der Waals surface area contributed by atoms with Crippen LogP contribution in [-0.4, -0.2) is 17.5 Å². The molecular formula is C13H16N2O. The molecular weight excluding hydrogens is 200 g/mol. The van der Waals surface area contributed by atoms with Crippen LogP contribution in [0.25, 0.3) is 0 Å². The van der Waals surface area contributed by atoms with Crippen LogP contribution in [0.15, 0.2) is 33.8 Å². The van der Waals surface area contributed by atoms with Gasteiger partial charge in [-0.15, -0.1) is 0 Å². The second kappa shape index (κ2) is 4.16. The van der Waals surface area contributed by atoms with Gasteiger partial charge in [-0.3, -0.25) is 4.79 Å². The number of hydrogen-bond acceptors (Lipinski definition) is 2. The molecule has 3 nitrogen and oxygen atoms in total. The maximum absolute atomic E-state index is 11.8. The van der Waals surface area contributed by atoms with E-state index in [0.717, 1.165) is 5.71 Å². The van der Waals surface area contributed by atoms with Gasteiger partial charge in [-0.2, -0.15) is 4.99 Å². The number of allylic oxidation sites excluding steroid dienone is 3. The molecule has 1 atom stereocenters. The summed E-state index contributed by atoms with van der Waals surface area (Å²) in [6.45, 7) is 6.19. The number of carbonyl (C=O) groups is 1. The van der Waals surface area contributed by atoms with E-state index < -0.39 is 0 Å². The fraction of sp³-hybridized carbons (Fsp3) is 0.462. The summed E-state index contributed by atoms with van der Waals surface area (Å²) in [6, 6.07) is 0. The summed E-state index contributed by atoms with van der Waals surface area (Å²) >= 11 is 0. The van der Waals surface area contributed by atoms with Crippen LogP contribution in [0.3, 0.4) is 0 Å². The molecule has 0 spiro atoms. The summed E-state index contributed by atoms with van der Waals surface area (Å²) in [5.41, 5.74) is 2.02. The predicted molar refractivity (Wildman–Crippen MR) is 65.7 cm³/mol. The van der Waals surface area contributed by atoms with E-state index in [1.165, 1.54) is 5.57 Å². The standard InChI is InChI=1S/C13H16N2O/c1-4-12-14-11-6-5-9(8(2)3)7-10(11)13(16)15-12/h5-8,10H,4H2,1-3H3. The van der Waals surface area contributed by atoms with Crippen molar-refractivity contribution in [3.8, 4) is 0 Å². The minimum atomic E-state index is -0.252. The second-order valence-corrected chi connectivity index (χ2v) is 4.39. The van der Waals surface area contributed by atoms with Crippen LogP contribution in [0.5, 0.6) is 0 Å². The van der Waals surface area contributed by atoms with Crippen LogP contribution in [-0.2, 0) is 4.79 Å². The summed E-state index contributed by atoms with van der Waals surface area (Å²) in [7, 11) is 0. The van der Waals surface area contributed by atoms with Gasteiger partial charge in [0.25, 0.3) is 5.91 Å². The van der Waals surface area contributed by atoms with Crippen LogP contribution in [0.2, 0.25) is 0 Å². The van der Waals surface area contributed by atoms with Crippen molar-refractivity contribution in [1.29, 1.82) is 0 Å². The molecule has 1 unspecified atom stereocenters. The van der Waals surface area contributed by atoms with Gasteiger partial charge in [-0.1, -0.05) is 32.9 Å². The second-order valence-electron chi connectivity index (χ2n) is 4.39. The molecule has 0 saturated heterocycles. The zero-order valence-electron chi connectivity index (χ0n) is 9.90. The first-order chi connectivity index (χ1) is 7.61. The van der Waals surface area contributed by atoms with Crippen molar-refractivity contribution >= 4 is 17.5 Å². The Morgan fingerprint density at radius 2 is 2.06 bits per heavy atom. The summed E-state index contributed by atoms with van der Waals surface area (Å²) in [5, 5.41) is 0. The molecule has 0 bridgehead atoms. The highest BCUT2D eigenvalue weighted by Crippen LogP contribution is 2.24. The first-order valence-corrected chi connectivity index (χ1v) is 5.71. The number of aliphatic imine (C=N–C) groups is 2. The van der Waals surface area contributed by atoms with Gasteiger partial charge in [0.05, 0.1) is 5.71 Å². The average molecular weight is 216 g/mol. The largest absolute Gasteiger partial charge is 0.271 e. The lowest BCUT2D eigenvalue weighted by Crippen LogP contribution is -2.28. The number of amides is 1. The Morgan fingerprint density at radius 3 is 2.69 bits per heavy atom. The van der Waals surface area contributed by atoms with E-state index in [9.17, 15) is 4.79 Å². The van der Waals surface area contributed by atoms with E-state index in [-0.39, 0.29) is 11.8 Å². The maximum atomic E-state index is 11.8. The van der Waals surface area contributed by atoms with E-state index in [2.05, 4.69) is 23.8 Å². The Hall–Kier alpha value is -1.51. The summed E-state index contributed by atoms with van der Waals surface area (Å²) in [4.78, 5) is 20.2. The molecule has 16 heavy (non-hydrogen) atoms. The molecule has 0 saturated carbocycles. The lowest BCUT2D eigenvalue weighted by molar-refractivity contribution is -0.118. The Morgan fingerprint density at radius 1 is 1.31 bits per heavy atom.